The highest BCUT2D eigenvalue weighted by Crippen LogP contribution is 2.27. The Labute approximate surface area is 156 Å². The Balaban J connectivity index is 1.58. The third kappa shape index (κ3) is 3.71. The molecule has 0 aliphatic carbocycles. The highest BCUT2D eigenvalue weighted by molar-refractivity contribution is 5.85. The summed E-state index contributed by atoms with van der Waals surface area (Å²) in [5.41, 5.74) is 1.96. The zero-order valence-corrected chi connectivity index (χ0v) is 15.1. The van der Waals surface area contributed by atoms with E-state index in [1.165, 1.54) is 12.1 Å². The van der Waals surface area contributed by atoms with E-state index in [1.54, 1.807) is 12.3 Å². The van der Waals surface area contributed by atoms with Crippen LogP contribution in [0.4, 0.5) is 16.0 Å². The van der Waals surface area contributed by atoms with Crippen LogP contribution >= 0.6 is 0 Å². The summed E-state index contributed by atoms with van der Waals surface area (Å²) in [6, 6.07) is 4.52. The number of ether oxygens (including phenoxy) is 1. The van der Waals surface area contributed by atoms with Gasteiger partial charge in [-0.25, -0.2) is 19.2 Å². The van der Waals surface area contributed by atoms with E-state index in [0.717, 1.165) is 11.1 Å². The normalized spacial score (nSPS) is 19.7. The molecule has 0 amide bonds. The minimum Gasteiger partial charge on any atom is -0.477 e. The molecule has 1 N–H and O–H groups in total. The first-order valence-corrected chi connectivity index (χ1v) is 9.00. The van der Waals surface area contributed by atoms with Crippen molar-refractivity contribution in [3.63, 3.8) is 0 Å². The number of aromatic nitrogens is 2. The Bertz CT molecular complexity index is 876. The zero-order chi connectivity index (χ0) is 19.0. The van der Waals surface area contributed by atoms with Gasteiger partial charge in [-0.3, -0.25) is 0 Å². The van der Waals surface area contributed by atoms with Crippen LogP contribution in [-0.4, -0.2) is 53.4 Å². The lowest BCUT2D eigenvalue weighted by molar-refractivity contribution is 0.0529. The zero-order valence-electron chi connectivity index (χ0n) is 15.1. The van der Waals surface area contributed by atoms with E-state index in [0.29, 0.717) is 50.8 Å². The quantitative estimate of drug-likeness (QED) is 0.884. The second-order valence-electron chi connectivity index (χ2n) is 6.94. The Kier molecular flexibility index (Phi) is 4.65. The summed E-state index contributed by atoms with van der Waals surface area (Å²) in [6.45, 7) is 5.13. The summed E-state index contributed by atoms with van der Waals surface area (Å²) in [5.74, 6) is -0.155. The van der Waals surface area contributed by atoms with Crippen molar-refractivity contribution in [3.8, 4) is 0 Å². The number of nitrogens with zero attached hydrogens (tertiary/aromatic N) is 4. The summed E-state index contributed by atoms with van der Waals surface area (Å²) in [4.78, 5) is 23.8. The average Bonchev–Trinajstić information content (AvgIpc) is 2.66. The van der Waals surface area contributed by atoms with Crippen molar-refractivity contribution < 1.29 is 19.0 Å². The minimum absolute atomic E-state index is 0.0507. The molecule has 8 heteroatoms. The summed E-state index contributed by atoms with van der Waals surface area (Å²) >= 11 is 0. The Hall–Kier alpha value is -2.74. The number of halogens is 1. The molecule has 1 fully saturated rings. The number of hydrogen-bond acceptors (Lipinski definition) is 6. The number of anilines is 2. The number of carbonyl (C=O) groups is 1. The third-order valence-electron chi connectivity index (χ3n) is 4.97. The first-order valence-electron chi connectivity index (χ1n) is 9.00. The van der Waals surface area contributed by atoms with Gasteiger partial charge in [-0.15, -0.1) is 0 Å². The lowest BCUT2D eigenvalue weighted by Gasteiger charge is -2.34. The molecule has 4 rings (SSSR count). The van der Waals surface area contributed by atoms with Gasteiger partial charge in [0.2, 0.25) is 0 Å². The van der Waals surface area contributed by atoms with Gasteiger partial charge in [0.25, 0.3) is 0 Å². The Morgan fingerprint density at radius 1 is 1.22 bits per heavy atom. The molecule has 27 heavy (non-hydrogen) atoms. The summed E-state index contributed by atoms with van der Waals surface area (Å²) < 4.78 is 19.8. The molecule has 1 saturated heterocycles. The van der Waals surface area contributed by atoms with E-state index < -0.39 is 5.97 Å². The summed E-state index contributed by atoms with van der Waals surface area (Å²) in [7, 11) is 0. The lowest BCUT2D eigenvalue weighted by Crippen LogP contribution is -2.41. The van der Waals surface area contributed by atoms with Crippen molar-refractivity contribution in [3.05, 3.63) is 47.0 Å². The predicted molar refractivity (Wildman–Crippen MR) is 97.8 cm³/mol. The van der Waals surface area contributed by atoms with Gasteiger partial charge in [-0.2, -0.15) is 0 Å². The van der Waals surface area contributed by atoms with E-state index in [1.807, 2.05) is 16.7 Å². The molecule has 142 valence electrons. The van der Waals surface area contributed by atoms with Gasteiger partial charge in [0.05, 0.1) is 12.7 Å². The van der Waals surface area contributed by atoms with Crippen molar-refractivity contribution in [2.24, 2.45) is 0 Å². The molecule has 2 aromatic heterocycles. The smallest absolute Gasteiger partial charge is 0.354 e. The molecule has 0 spiro atoms. The Morgan fingerprint density at radius 2 is 2.00 bits per heavy atom. The van der Waals surface area contributed by atoms with Crippen molar-refractivity contribution in [2.45, 2.75) is 26.0 Å². The molecular weight excluding hydrogens is 351 g/mol. The van der Waals surface area contributed by atoms with Gasteiger partial charge < -0.3 is 19.6 Å². The molecule has 4 heterocycles. The van der Waals surface area contributed by atoms with Crippen molar-refractivity contribution >= 4 is 17.6 Å². The van der Waals surface area contributed by atoms with Gasteiger partial charge in [0.1, 0.15) is 23.1 Å². The van der Waals surface area contributed by atoms with E-state index in [2.05, 4.69) is 9.97 Å². The van der Waals surface area contributed by atoms with E-state index in [9.17, 15) is 9.18 Å². The van der Waals surface area contributed by atoms with Crippen LogP contribution in [0.3, 0.4) is 0 Å². The largest absolute Gasteiger partial charge is 0.477 e. The number of carboxylic acid groups (broad SMARTS) is 1. The monoisotopic (exact) mass is 372 g/mol. The van der Waals surface area contributed by atoms with Crippen molar-refractivity contribution in [2.75, 3.05) is 36.0 Å². The summed E-state index contributed by atoms with van der Waals surface area (Å²) in [5, 5.41) is 9.08. The van der Waals surface area contributed by atoms with Crippen molar-refractivity contribution in [1.29, 1.82) is 0 Å². The number of pyridine rings is 2. The fourth-order valence-electron chi connectivity index (χ4n) is 3.57. The maximum atomic E-state index is 14.3. The maximum absolute atomic E-state index is 14.3. The molecule has 2 aliphatic heterocycles. The fourth-order valence-corrected chi connectivity index (χ4v) is 3.57. The third-order valence-corrected chi connectivity index (χ3v) is 4.97. The minimum atomic E-state index is -1.03. The van der Waals surface area contributed by atoms with Crippen LogP contribution < -0.4 is 9.80 Å². The molecule has 0 radical (unpaired) electrons. The van der Waals surface area contributed by atoms with Crippen LogP contribution in [0, 0.1) is 5.82 Å². The first kappa shape index (κ1) is 17.7. The number of aromatic carboxylic acids is 1. The van der Waals surface area contributed by atoms with Gasteiger partial charge >= 0.3 is 5.97 Å². The molecule has 0 aromatic carbocycles. The second-order valence-corrected chi connectivity index (χ2v) is 6.94. The van der Waals surface area contributed by atoms with Gasteiger partial charge in [0.15, 0.2) is 0 Å². The van der Waals surface area contributed by atoms with E-state index in [4.69, 9.17) is 9.84 Å². The number of hydrogen-bond donors (Lipinski definition) is 1. The average molecular weight is 372 g/mol. The molecular formula is C19H21FN4O3. The lowest BCUT2D eigenvalue weighted by atomic mass is 10.0. The second kappa shape index (κ2) is 7.11. The topological polar surface area (TPSA) is 78.8 Å². The van der Waals surface area contributed by atoms with E-state index in [-0.39, 0.29) is 17.6 Å². The van der Waals surface area contributed by atoms with Crippen LogP contribution in [0.25, 0.3) is 0 Å². The highest BCUT2D eigenvalue weighted by Gasteiger charge is 2.23. The standard InChI is InChI=1S/C19H21FN4O3/c1-12-10-24(4-5-27-12)18-8-15(20)7-17(22-18)23-3-2-13-6-16(19(25)26)21-9-14(13)11-23/h6-9,12H,2-5,10-11H2,1H3,(H,25,26). The maximum Gasteiger partial charge on any atom is 0.354 e. The van der Waals surface area contributed by atoms with Crippen LogP contribution in [0.2, 0.25) is 0 Å². The predicted octanol–water partition coefficient (Wildman–Crippen LogP) is 2.10. The molecule has 7 nitrogen and oxygen atoms in total. The summed E-state index contributed by atoms with van der Waals surface area (Å²) in [6.07, 6.45) is 2.35. The molecule has 1 unspecified atom stereocenters. The SMILES string of the molecule is CC1CN(c2cc(F)cc(N3CCc4cc(C(=O)O)ncc4C3)n2)CCO1. The van der Waals surface area contributed by atoms with Gasteiger partial charge in [-0.1, -0.05) is 0 Å². The van der Waals surface area contributed by atoms with Crippen molar-refractivity contribution in [1.82, 2.24) is 9.97 Å². The van der Waals surface area contributed by atoms with Crippen LogP contribution in [0.1, 0.15) is 28.5 Å². The molecule has 1 atom stereocenters. The van der Waals surface area contributed by atoms with E-state index >= 15 is 0 Å². The fraction of sp³-hybridized carbons (Fsp3) is 0.421. The van der Waals surface area contributed by atoms with Gasteiger partial charge in [-0.05, 0) is 30.5 Å². The number of carboxylic acids is 1. The highest BCUT2D eigenvalue weighted by atomic mass is 19.1. The number of rotatable bonds is 3. The molecule has 2 aliphatic rings. The molecule has 0 bridgehead atoms. The first-order chi connectivity index (χ1) is 13.0. The van der Waals surface area contributed by atoms with Crippen LogP contribution in [0.15, 0.2) is 24.4 Å². The molecule has 0 saturated carbocycles. The molecule has 2 aromatic rings. The van der Waals surface area contributed by atoms with Crippen LogP contribution in [-0.2, 0) is 17.7 Å². The number of morpholine rings is 1. The number of fused-ring (bicyclic) bond motifs is 1. The van der Waals surface area contributed by atoms with Crippen LogP contribution in [0.5, 0.6) is 0 Å². The van der Waals surface area contributed by atoms with Gasteiger partial charge in [0, 0.05) is 44.5 Å². The Morgan fingerprint density at radius 3 is 2.74 bits per heavy atom.